The summed E-state index contributed by atoms with van der Waals surface area (Å²) in [6.45, 7) is 2.38. The first-order valence-corrected chi connectivity index (χ1v) is 5.39. The molecule has 1 aliphatic heterocycles. The van der Waals surface area contributed by atoms with Crippen LogP contribution in [0, 0.1) is 5.92 Å². The summed E-state index contributed by atoms with van der Waals surface area (Å²) in [5.74, 6) is 1.07. The van der Waals surface area contributed by atoms with E-state index >= 15 is 0 Å². The Morgan fingerprint density at radius 1 is 1.29 bits per heavy atom. The third kappa shape index (κ3) is 1.64. The molecule has 1 rings (SSSR count). The molecule has 0 atom stereocenters. The normalized spacial score (nSPS) is 36.4. The molecule has 1 saturated heterocycles. The molecular weight excluding hydrogens is 100 g/mol. The lowest BCUT2D eigenvalue weighted by molar-refractivity contribution is 0.523. The van der Waals surface area contributed by atoms with Gasteiger partial charge in [0.2, 0.25) is 0 Å². The topological polar surface area (TPSA) is 0 Å². The summed E-state index contributed by atoms with van der Waals surface area (Å²) in [6.07, 6.45) is 3.10. The maximum Gasteiger partial charge on any atom is 0.0198 e. The van der Waals surface area contributed by atoms with Crippen molar-refractivity contribution in [3.8, 4) is 0 Å². The van der Waals surface area contributed by atoms with Crippen molar-refractivity contribution in [3.63, 3.8) is 0 Å². The van der Waals surface area contributed by atoms with Crippen LogP contribution in [0.15, 0.2) is 0 Å². The monoisotopic (exact) mass is 114 g/mol. The second-order valence-corrected chi connectivity index (χ2v) is 4.86. The van der Waals surface area contributed by atoms with Crippen LogP contribution in [-0.4, -0.2) is 9.52 Å². The Balaban J connectivity index is 2.12. The van der Waals surface area contributed by atoms with E-state index < -0.39 is 0 Å². The third-order valence-electron chi connectivity index (χ3n) is 1.89. The van der Waals surface area contributed by atoms with Crippen LogP contribution in [0.3, 0.4) is 0 Å². The second kappa shape index (κ2) is 2.51. The second-order valence-electron chi connectivity index (χ2n) is 2.74. The lowest BCUT2D eigenvalue weighted by Gasteiger charge is -2.15. The zero-order valence-corrected chi connectivity index (χ0v) is 6.53. The molecule has 0 bridgehead atoms. The molecule has 0 nitrogen and oxygen atoms in total. The molecule has 1 heterocycles. The van der Waals surface area contributed by atoms with E-state index in [9.17, 15) is 0 Å². The summed E-state index contributed by atoms with van der Waals surface area (Å²) >= 11 is 0. The van der Waals surface area contributed by atoms with E-state index in [2.05, 4.69) is 6.92 Å². The average molecular weight is 114 g/mol. The van der Waals surface area contributed by atoms with E-state index in [-0.39, 0.29) is 0 Å². The summed E-state index contributed by atoms with van der Waals surface area (Å²) < 4.78 is 0. The van der Waals surface area contributed by atoms with Crippen LogP contribution in [-0.2, 0) is 0 Å². The molecule has 1 fully saturated rings. The first-order chi connectivity index (χ1) is 3.39. The predicted molar refractivity (Wildman–Crippen MR) is 36.6 cm³/mol. The maximum atomic E-state index is 2.38. The van der Waals surface area contributed by atoms with Crippen molar-refractivity contribution in [1.29, 1.82) is 0 Å². The highest BCUT2D eigenvalue weighted by molar-refractivity contribution is 6.35. The smallest absolute Gasteiger partial charge is 0.0198 e. The van der Waals surface area contributed by atoms with Gasteiger partial charge in [-0.3, -0.25) is 0 Å². The lowest BCUT2D eigenvalue weighted by Crippen LogP contribution is -2.05. The Bertz CT molecular complexity index is 46.1. The zero-order chi connectivity index (χ0) is 5.11. The first-order valence-electron chi connectivity index (χ1n) is 3.39. The predicted octanol–water partition coefficient (Wildman–Crippen LogP) is 1.42. The van der Waals surface area contributed by atoms with E-state index in [4.69, 9.17) is 0 Å². The largest absolute Gasteiger partial charge is 0.0625 e. The van der Waals surface area contributed by atoms with Crippen LogP contribution in [0.25, 0.3) is 0 Å². The molecule has 0 saturated carbocycles. The summed E-state index contributed by atoms with van der Waals surface area (Å²) in [6, 6.07) is 3.25. The summed E-state index contributed by atoms with van der Waals surface area (Å²) in [5, 5.41) is 0. The van der Waals surface area contributed by atoms with Crippen LogP contribution in [0.1, 0.15) is 19.8 Å². The number of hydrogen-bond donors (Lipinski definition) is 0. The van der Waals surface area contributed by atoms with Gasteiger partial charge in [0.25, 0.3) is 0 Å². The van der Waals surface area contributed by atoms with Gasteiger partial charge in [0, 0.05) is 9.52 Å². The molecule has 0 aliphatic carbocycles. The Morgan fingerprint density at radius 3 is 2.14 bits per heavy atom. The van der Waals surface area contributed by atoms with Gasteiger partial charge in [-0.2, -0.15) is 0 Å². The van der Waals surface area contributed by atoms with Gasteiger partial charge in [-0.1, -0.05) is 31.9 Å². The molecule has 0 aromatic heterocycles. The summed E-state index contributed by atoms with van der Waals surface area (Å²) in [7, 11) is 0.477. The van der Waals surface area contributed by atoms with Crippen LogP contribution in [0.2, 0.25) is 12.1 Å². The molecule has 1 heteroatoms. The van der Waals surface area contributed by atoms with Gasteiger partial charge >= 0.3 is 0 Å². The van der Waals surface area contributed by atoms with Crippen LogP contribution < -0.4 is 0 Å². The Hall–Kier alpha value is 0.217. The van der Waals surface area contributed by atoms with Crippen LogP contribution >= 0.6 is 0 Å². The molecule has 1 aliphatic rings. The standard InChI is InChI=1S/C6H14Si/c1-6-2-4-7-5-3-6/h6H,2-5,7H2,1H3. The fraction of sp³-hybridized carbons (Fsp3) is 1.00. The van der Waals surface area contributed by atoms with E-state index in [1.807, 2.05) is 0 Å². The van der Waals surface area contributed by atoms with Gasteiger partial charge in [-0.05, 0) is 5.92 Å². The highest BCUT2D eigenvalue weighted by atomic mass is 28.2. The summed E-state index contributed by atoms with van der Waals surface area (Å²) in [4.78, 5) is 0. The number of rotatable bonds is 0. The Kier molecular flexibility index (Phi) is 1.92. The minimum Gasteiger partial charge on any atom is -0.0625 e. The van der Waals surface area contributed by atoms with E-state index in [0.717, 1.165) is 5.92 Å². The van der Waals surface area contributed by atoms with Gasteiger partial charge in [0.15, 0.2) is 0 Å². The molecule has 0 radical (unpaired) electrons. The number of hydrogen-bond acceptors (Lipinski definition) is 0. The SMILES string of the molecule is CC1CC[SiH2]CC1. The molecule has 0 N–H and O–H groups in total. The highest BCUT2D eigenvalue weighted by Gasteiger charge is 2.06. The van der Waals surface area contributed by atoms with Crippen molar-refractivity contribution in [2.45, 2.75) is 31.9 Å². The van der Waals surface area contributed by atoms with Gasteiger partial charge in [-0.15, -0.1) is 0 Å². The average Bonchev–Trinajstić information content (AvgIpc) is 1.69. The molecular formula is C6H14Si. The zero-order valence-electron chi connectivity index (χ0n) is 5.11. The van der Waals surface area contributed by atoms with Gasteiger partial charge in [0.1, 0.15) is 0 Å². The van der Waals surface area contributed by atoms with E-state index in [1.165, 1.54) is 0 Å². The third-order valence-corrected chi connectivity index (χ3v) is 3.71. The van der Waals surface area contributed by atoms with Crippen molar-refractivity contribution >= 4 is 9.52 Å². The highest BCUT2D eigenvalue weighted by Crippen LogP contribution is 2.18. The van der Waals surface area contributed by atoms with E-state index in [0.29, 0.717) is 9.52 Å². The fourth-order valence-electron chi connectivity index (χ4n) is 1.31. The Morgan fingerprint density at radius 2 is 1.86 bits per heavy atom. The van der Waals surface area contributed by atoms with Crippen molar-refractivity contribution in [2.24, 2.45) is 5.92 Å². The maximum absolute atomic E-state index is 2.38. The molecule has 0 spiro atoms. The molecule has 0 unspecified atom stereocenters. The van der Waals surface area contributed by atoms with E-state index in [1.54, 1.807) is 24.9 Å². The van der Waals surface area contributed by atoms with Crippen molar-refractivity contribution in [3.05, 3.63) is 0 Å². The molecule has 0 aromatic rings. The van der Waals surface area contributed by atoms with Crippen molar-refractivity contribution < 1.29 is 0 Å². The quantitative estimate of drug-likeness (QED) is 0.418. The molecule has 0 aromatic carbocycles. The van der Waals surface area contributed by atoms with Crippen molar-refractivity contribution in [2.75, 3.05) is 0 Å². The van der Waals surface area contributed by atoms with Gasteiger partial charge in [0.05, 0.1) is 0 Å². The van der Waals surface area contributed by atoms with Gasteiger partial charge < -0.3 is 0 Å². The van der Waals surface area contributed by atoms with Crippen molar-refractivity contribution in [1.82, 2.24) is 0 Å². The minimum absolute atomic E-state index is 0.477. The van der Waals surface area contributed by atoms with Crippen LogP contribution in [0.5, 0.6) is 0 Å². The first kappa shape index (κ1) is 5.36. The molecule has 0 amide bonds. The Labute approximate surface area is 48.1 Å². The molecule has 7 heavy (non-hydrogen) atoms. The lowest BCUT2D eigenvalue weighted by atomic mass is 10.1. The minimum atomic E-state index is 0.477. The van der Waals surface area contributed by atoms with Crippen LogP contribution in [0.4, 0.5) is 0 Å². The summed E-state index contributed by atoms with van der Waals surface area (Å²) in [5.41, 5.74) is 0. The molecule has 42 valence electrons. The fourth-order valence-corrected chi connectivity index (χ4v) is 3.63. The van der Waals surface area contributed by atoms with Gasteiger partial charge in [-0.25, -0.2) is 0 Å².